The molecule has 1 amide bonds. The van der Waals surface area contributed by atoms with Crippen LogP contribution in [0.4, 0.5) is 4.39 Å². The Bertz CT molecular complexity index is 463. The SMILES string of the molecule is CC1CCCC(CNC(=O)c2ccc(F)c(S)c2)C1. The van der Waals surface area contributed by atoms with Gasteiger partial charge in [-0.2, -0.15) is 0 Å². The van der Waals surface area contributed by atoms with E-state index in [-0.39, 0.29) is 10.8 Å². The van der Waals surface area contributed by atoms with Crippen LogP contribution in [0.2, 0.25) is 0 Å². The van der Waals surface area contributed by atoms with Crippen molar-refractivity contribution in [2.45, 2.75) is 37.5 Å². The lowest BCUT2D eigenvalue weighted by molar-refractivity contribution is 0.0940. The van der Waals surface area contributed by atoms with E-state index >= 15 is 0 Å². The van der Waals surface area contributed by atoms with Crippen LogP contribution in [0.5, 0.6) is 0 Å². The van der Waals surface area contributed by atoms with Crippen LogP contribution in [-0.2, 0) is 0 Å². The average Bonchev–Trinajstić information content (AvgIpc) is 2.39. The summed E-state index contributed by atoms with van der Waals surface area (Å²) in [6, 6.07) is 4.24. The third-order valence-electron chi connectivity index (χ3n) is 3.80. The van der Waals surface area contributed by atoms with Crippen LogP contribution in [0.3, 0.4) is 0 Å². The topological polar surface area (TPSA) is 29.1 Å². The van der Waals surface area contributed by atoms with E-state index in [0.717, 1.165) is 5.92 Å². The summed E-state index contributed by atoms with van der Waals surface area (Å²) in [5.41, 5.74) is 0.468. The normalized spacial score (nSPS) is 23.1. The lowest BCUT2D eigenvalue weighted by Gasteiger charge is -2.26. The van der Waals surface area contributed by atoms with E-state index in [9.17, 15) is 9.18 Å². The number of hydrogen-bond acceptors (Lipinski definition) is 2. The molecule has 1 aromatic rings. The van der Waals surface area contributed by atoms with Gasteiger partial charge in [-0.05, 0) is 42.9 Å². The molecule has 0 aromatic heterocycles. The third kappa shape index (κ3) is 3.96. The Kier molecular flexibility index (Phi) is 4.86. The minimum absolute atomic E-state index is 0.145. The first-order valence-corrected chi connectivity index (χ1v) is 7.27. The predicted molar refractivity (Wildman–Crippen MR) is 77.1 cm³/mol. The second-order valence-corrected chi connectivity index (χ2v) is 6.00. The van der Waals surface area contributed by atoms with Crippen molar-refractivity contribution in [1.29, 1.82) is 0 Å². The smallest absolute Gasteiger partial charge is 0.251 e. The first-order chi connectivity index (χ1) is 9.06. The second kappa shape index (κ2) is 6.42. The Hall–Kier alpha value is -1.03. The van der Waals surface area contributed by atoms with Crippen molar-refractivity contribution in [3.63, 3.8) is 0 Å². The molecule has 1 fully saturated rings. The summed E-state index contributed by atoms with van der Waals surface area (Å²) >= 11 is 3.99. The maximum Gasteiger partial charge on any atom is 0.251 e. The van der Waals surface area contributed by atoms with E-state index in [1.165, 1.54) is 43.9 Å². The molecule has 1 saturated carbocycles. The molecule has 2 nitrogen and oxygen atoms in total. The highest BCUT2D eigenvalue weighted by Crippen LogP contribution is 2.28. The summed E-state index contributed by atoms with van der Waals surface area (Å²) in [5.74, 6) is 0.781. The Labute approximate surface area is 119 Å². The molecule has 0 radical (unpaired) electrons. The molecular weight excluding hydrogens is 261 g/mol. The van der Waals surface area contributed by atoms with Crippen molar-refractivity contribution in [3.8, 4) is 0 Å². The zero-order valence-electron chi connectivity index (χ0n) is 11.2. The number of rotatable bonds is 3. The Morgan fingerprint density at radius 2 is 2.26 bits per heavy atom. The zero-order valence-corrected chi connectivity index (χ0v) is 12.1. The van der Waals surface area contributed by atoms with Gasteiger partial charge < -0.3 is 5.32 Å². The van der Waals surface area contributed by atoms with Crippen LogP contribution in [0.15, 0.2) is 23.1 Å². The summed E-state index contributed by atoms with van der Waals surface area (Å²) < 4.78 is 13.1. The molecule has 0 saturated heterocycles. The predicted octanol–water partition coefficient (Wildman–Crippen LogP) is 3.67. The lowest BCUT2D eigenvalue weighted by atomic mass is 9.82. The number of halogens is 1. The Balaban J connectivity index is 1.88. The van der Waals surface area contributed by atoms with Gasteiger partial charge in [0.15, 0.2) is 0 Å². The van der Waals surface area contributed by atoms with Crippen LogP contribution in [0.25, 0.3) is 0 Å². The van der Waals surface area contributed by atoms with Gasteiger partial charge in [-0.15, -0.1) is 12.6 Å². The number of carbonyl (C=O) groups is 1. The molecule has 0 spiro atoms. The molecule has 1 aliphatic rings. The average molecular weight is 281 g/mol. The van der Waals surface area contributed by atoms with Crippen LogP contribution < -0.4 is 5.32 Å². The van der Waals surface area contributed by atoms with Crippen molar-refractivity contribution < 1.29 is 9.18 Å². The fourth-order valence-electron chi connectivity index (χ4n) is 2.74. The van der Waals surface area contributed by atoms with Gasteiger partial charge >= 0.3 is 0 Å². The monoisotopic (exact) mass is 281 g/mol. The second-order valence-electron chi connectivity index (χ2n) is 5.51. The summed E-state index contributed by atoms with van der Waals surface area (Å²) in [7, 11) is 0. The van der Waals surface area contributed by atoms with Gasteiger partial charge in [-0.25, -0.2) is 4.39 Å². The zero-order chi connectivity index (χ0) is 13.8. The van der Waals surface area contributed by atoms with Crippen LogP contribution in [-0.4, -0.2) is 12.5 Å². The highest BCUT2D eigenvalue weighted by molar-refractivity contribution is 7.80. The van der Waals surface area contributed by atoms with E-state index in [1.807, 2.05) is 0 Å². The molecule has 1 N–H and O–H groups in total. The van der Waals surface area contributed by atoms with E-state index < -0.39 is 5.82 Å². The number of nitrogens with one attached hydrogen (secondary N) is 1. The highest BCUT2D eigenvalue weighted by atomic mass is 32.1. The van der Waals surface area contributed by atoms with Crippen molar-refractivity contribution in [3.05, 3.63) is 29.6 Å². The lowest BCUT2D eigenvalue weighted by Crippen LogP contribution is -2.31. The summed E-state index contributed by atoms with van der Waals surface area (Å²) in [5, 5.41) is 2.94. The van der Waals surface area contributed by atoms with E-state index in [0.29, 0.717) is 18.0 Å². The quantitative estimate of drug-likeness (QED) is 0.813. The molecule has 0 bridgehead atoms. The van der Waals surface area contributed by atoms with Gasteiger partial charge in [0, 0.05) is 17.0 Å². The number of thiol groups is 1. The van der Waals surface area contributed by atoms with Gasteiger partial charge in [-0.3, -0.25) is 4.79 Å². The standard InChI is InChI=1S/C15H20FNOS/c1-10-3-2-4-11(7-10)9-17-15(18)12-5-6-13(16)14(19)8-12/h5-6,8,10-11,19H,2-4,7,9H2,1H3,(H,17,18). The minimum Gasteiger partial charge on any atom is -0.352 e. The van der Waals surface area contributed by atoms with E-state index in [1.54, 1.807) is 0 Å². The van der Waals surface area contributed by atoms with Gasteiger partial charge in [0.05, 0.1) is 0 Å². The van der Waals surface area contributed by atoms with Crippen LogP contribution in [0, 0.1) is 17.7 Å². The molecule has 2 rings (SSSR count). The summed E-state index contributed by atoms with van der Waals surface area (Å²) in [6.45, 7) is 2.98. The molecule has 2 atom stereocenters. The number of carbonyl (C=O) groups excluding carboxylic acids is 1. The number of benzene rings is 1. The summed E-state index contributed by atoms with van der Waals surface area (Å²) in [6.07, 6.45) is 4.91. The fraction of sp³-hybridized carbons (Fsp3) is 0.533. The first kappa shape index (κ1) is 14.4. The molecule has 0 heterocycles. The highest BCUT2D eigenvalue weighted by Gasteiger charge is 2.19. The number of amides is 1. The summed E-state index contributed by atoms with van der Waals surface area (Å²) in [4.78, 5) is 12.2. The van der Waals surface area contributed by atoms with Gasteiger partial charge in [0.25, 0.3) is 5.91 Å². The molecule has 0 aliphatic heterocycles. The maximum atomic E-state index is 13.1. The molecule has 4 heteroatoms. The largest absolute Gasteiger partial charge is 0.352 e. The maximum absolute atomic E-state index is 13.1. The number of hydrogen-bond donors (Lipinski definition) is 2. The van der Waals surface area contributed by atoms with Crippen molar-refractivity contribution in [2.75, 3.05) is 6.54 Å². The Morgan fingerprint density at radius 3 is 2.95 bits per heavy atom. The van der Waals surface area contributed by atoms with Gasteiger partial charge in [0.1, 0.15) is 5.82 Å². The Morgan fingerprint density at radius 1 is 1.47 bits per heavy atom. The molecular formula is C15H20FNOS. The third-order valence-corrected chi connectivity index (χ3v) is 4.15. The van der Waals surface area contributed by atoms with Gasteiger partial charge in [0.2, 0.25) is 0 Å². The van der Waals surface area contributed by atoms with Gasteiger partial charge in [-0.1, -0.05) is 19.8 Å². The minimum atomic E-state index is -0.402. The molecule has 19 heavy (non-hydrogen) atoms. The molecule has 104 valence electrons. The van der Waals surface area contributed by atoms with E-state index in [4.69, 9.17) is 0 Å². The molecule has 1 aliphatic carbocycles. The molecule has 2 unspecified atom stereocenters. The van der Waals surface area contributed by atoms with Crippen LogP contribution in [0.1, 0.15) is 43.0 Å². The first-order valence-electron chi connectivity index (χ1n) is 6.83. The van der Waals surface area contributed by atoms with Crippen molar-refractivity contribution in [2.24, 2.45) is 11.8 Å². The van der Waals surface area contributed by atoms with Crippen molar-refractivity contribution >= 4 is 18.5 Å². The van der Waals surface area contributed by atoms with E-state index in [2.05, 4.69) is 24.9 Å². The fourth-order valence-corrected chi connectivity index (χ4v) is 2.95. The van der Waals surface area contributed by atoms with Crippen molar-refractivity contribution in [1.82, 2.24) is 5.32 Å². The van der Waals surface area contributed by atoms with Crippen LogP contribution >= 0.6 is 12.6 Å². The molecule has 1 aromatic carbocycles.